The van der Waals surface area contributed by atoms with Crippen LogP contribution in [0.5, 0.6) is 0 Å². The first kappa shape index (κ1) is 7.86. The summed E-state index contributed by atoms with van der Waals surface area (Å²) in [6.07, 6.45) is 1.36. The SMILES string of the molecule is O=C([O-])Cc1coc2ccccc12. The van der Waals surface area contributed by atoms with Crippen LogP contribution in [0.2, 0.25) is 0 Å². The standard InChI is InChI=1S/C10H8O3/c11-10(12)5-7-6-13-9-4-2-1-3-8(7)9/h1-4,6H,5H2,(H,11,12)/p-1. The molecule has 0 aliphatic heterocycles. The number of hydrogen-bond donors (Lipinski definition) is 0. The average Bonchev–Trinajstić information content (AvgIpc) is 2.48. The van der Waals surface area contributed by atoms with Crippen molar-refractivity contribution >= 4 is 16.9 Å². The molecule has 0 radical (unpaired) electrons. The van der Waals surface area contributed by atoms with Crippen molar-refractivity contribution in [2.24, 2.45) is 0 Å². The van der Waals surface area contributed by atoms with Crippen molar-refractivity contribution in [1.82, 2.24) is 0 Å². The predicted molar refractivity (Wildman–Crippen MR) is 44.9 cm³/mol. The number of carbonyl (C=O) groups is 1. The van der Waals surface area contributed by atoms with Crippen LogP contribution in [0.4, 0.5) is 0 Å². The molecule has 0 saturated heterocycles. The summed E-state index contributed by atoms with van der Waals surface area (Å²) in [6.45, 7) is 0. The van der Waals surface area contributed by atoms with E-state index in [2.05, 4.69) is 0 Å². The number of benzene rings is 1. The maximum Gasteiger partial charge on any atom is 0.134 e. The van der Waals surface area contributed by atoms with Gasteiger partial charge in [-0.15, -0.1) is 0 Å². The van der Waals surface area contributed by atoms with Crippen molar-refractivity contribution in [3.8, 4) is 0 Å². The van der Waals surface area contributed by atoms with Crippen LogP contribution < -0.4 is 5.11 Å². The summed E-state index contributed by atoms with van der Waals surface area (Å²) in [5, 5.41) is 11.2. The Kier molecular flexibility index (Phi) is 1.77. The van der Waals surface area contributed by atoms with E-state index >= 15 is 0 Å². The van der Waals surface area contributed by atoms with E-state index in [1.807, 2.05) is 18.2 Å². The normalized spacial score (nSPS) is 10.5. The third kappa shape index (κ3) is 1.40. The summed E-state index contributed by atoms with van der Waals surface area (Å²) >= 11 is 0. The Bertz CT molecular complexity index is 442. The first-order valence-electron chi connectivity index (χ1n) is 3.92. The minimum Gasteiger partial charge on any atom is -0.550 e. The maximum atomic E-state index is 10.4. The second-order valence-corrected chi connectivity index (χ2v) is 2.81. The van der Waals surface area contributed by atoms with E-state index in [0.717, 1.165) is 5.39 Å². The molecule has 0 unspecified atom stereocenters. The Morgan fingerprint density at radius 2 is 2.15 bits per heavy atom. The van der Waals surface area contributed by atoms with Crippen LogP contribution in [-0.4, -0.2) is 5.97 Å². The molecule has 0 atom stereocenters. The lowest BCUT2D eigenvalue weighted by atomic mass is 10.1. The number of furan rings is 1. The molecule has 66 valence electrons. The molecular weight excluding hydrogens is 168 g/mol. The largest absolute Gasteiger partial charge is 0.550 e. The number of rotatable bonds is 2. The van der Waals surface area contributed by atoms with Gasteiger partial charge in [0.05, 0.1) is 6.26 Å². The van der Waals surface area contributed by atoms with Crippen LogP contribution in [0.3, 0.4) is 0 Å². The van der Waals surface area contributed by atoms with Gasteiger partial charge in [-0.3, -0.25) is 0 Å². The number of carboxylic acids is 1. The average molecular weight is 175 g/mol. The summed E-state index contributed by atoms with van der Waals surface area (Å²) < 4.78 is 5.16. The van der Waals surface area contributed by atoms with Crippen LogP contribution in [-0.2, 0) is 11.2 Å². The summed E-state index contributed by atoms with van der Waals surface area (Å²) in [5.74, 6) is -1.09. The zero-order valence-corrected chi connectivity index (χ0v) is 6.82. The third-order valence-electron chi connectivity index (χ3n) is 1.90. The van der Waals surface area contributed by atoms with Gasteiger partial charge in [-0.25, -0.2) is 0 Å². The molecule has 3 nitrogen and oxygen atoms in total. The van der Waals surface area contributed by atoms with Crippen LogP contribution >= 0.6 is 0 Å². The molecule has 1 aromatic carbocycles. The molecular formula is C10H7O3-. The Hall–Kier alpha value is -1.77. The molecule has 1 aromatic heterocycles. The molecule has 0 aliphatic carbocycles. The Balaban J connectivity index is 2.51. The second kappa shape index (κ2) is 2.94. The van der Waals surface area contributed by atoms with Crippen LogP contribution in [0.1, 0.15) is 5.56 Å². The number of aliphatic carboxylic acids is 1. The summed E-state index contributed by atoms with van der Waals surface area (Å²) in [4.78, 5) is 10.4. The van der Waals surface area contributed by atoms with Gasteiger partial charge in [0.2, 0.25) is 0 Å². The molecule has 0 spiro atoms. The molecule has 0 fully saturated rings. The number of carboxylic acid groups (broad SMARTS) is 1. The van der Waals surface area contributed by atoms with Gasteiger partial charge in [0.25, 0.3) is 0 Å². The molecule has 1 heterocycles. The number of hydrogen-bond acceptors (Lipinski definition) is 3. The third-order valence-corrected chi connectivity index (χ3v) is 1.90. The van der Waals surface area contributed by atoms with E-state index in [9.17, 15) is 9.90 Å². The maximum absolute atomic E-state index is 10.4. The Morgan fingerprint density at radius 1 is 1.38 bits per heavy atom. The lowest BCUT2D eigenvalue weighted by Crippen LogP contribution is -2.24. The number of carbonyl (C=O) groups excluding carboxylic acids is 1. The zero-order valence-electron chi connectivity index (χ0n) is 6.82. The highest BCUT2D eigenvalue weighted by Crippen LogP contribution is 2.20. The van der Waals surface area contributed by atoms with E-state index in [1.54, 1.807) is 6.07 Å². The monoisotopic (exact) mass is 175 g/mol. The molecule has 2 rings (SSSR count). The fraction of sp³-hybridized carbons (Fsp3) is 0.100. The molecule has 3 heteroatoms. The zero-order chi connectivity index (χ0) is 9.26. The summed E-state index contributed by atoms with van der Waals surface area (Å²) in [5.41, 5.74) is 1.37. The molecule has 0 amide bonds. The Morgan fingerprint density at radius 3 is 2.92 bits per heavy atom. The molecule has 0 bridgehead atoms. The predicted octanol–water partition coefficient (Wildman–Crippen LogP) is 0.725. The van der Waals surface area contributed by atoms with Gasteiger partial charge in [0.15, 0.2) is 0 Å². The van der Waals surface area contributed by atoms with Gasteiger partial charge < -0.3 is 14.3 Å². The summed E-state index contributed by atoms with van der Waals surface area (Å²) in [6, 6.07) is 7.32. The highest BCUT2D eigenvalue weighted by Gasteiger charge is 2.03. The van der Waals surface area contributed by atoms with Crippen molar-refractivity contribution in [2.45, 2.75) is 6.42 Å². The molecule has 13 heavy (non-hydrogen) atoms. The highest BCUT2D eigenvalue weighted by molar-refractivity contribution is 5.84. The van der Waals surface area contributed by atoms with Crippen LogP contribution in [0.15, 0.2) is 34.9 Å². The molecule has 2 aromatic rings. The van der Waals surface area contributed by atoms with E-state index in [4.69, 9.17) is 4.42 Å². The molecule has 0 N–H and O–H groups in total. The van der Waals surface area contributed by atoms with Crippen molar-refractivity contribution in [3.63, 3.8) is 0 Å². The number of para-hydroxylation sites is 1. The minimum atomic E-state index is -1.09. The van der Waals surface area contributed by atoms with E-state index in [-0.39, 0.29) is 6.42 Å². The first-order chi connectivity index (χ1) is 6.27. The van der Waals surface area contributed by atoms with Crippen LogP contribution in [0, 0.1) is 0 Å². The quantitative estimate of drug-likeness (QED) is 0.675. The minimum absolute atomic E-state index is 0.100. The van der Waals surface area contributed by atoms with E-state index in [1.165, 1.54) is 6.26 Å². The van der Waals surface area contributed by atoms with Crippen molar-refractivity contribution in [1.29, 1.82) is 0 Å². The van der Waals surface area contributed by atoms with Crippen molar-refractivity contribution in [3.05, 3.63) is 36.1 Å². The van der Waals surface area contributed by atoms with Crippen molar-refractivity contribution in [2.75, 3.05) is 0 Å². The first-order valence-corrected chi connectivity index (χ1v) is 3.92. The lowest BCUT2D eigenvalue weighted by molar-refractivity contribution is -0.304. The topological polar surface area (TPSA) is 53.3 Å². The Labute approximate surface area is 74.6 Å². The van der Waals surface area contributed by atoms with Gasteiger partial charge in [0.1, 0.15) is 5.58 Å². The van der Waals surface area contributed by atoms with E-state index in [0.29, 0.717) is 11.1 Å². The van der Waals surface area contributed by atoms with Gasteiger partial charge in [-0.1, -0.05) is 18.2 Å². The smallest absolute Gasteiger partial charge is 0.134 e. The van der Waals surface area contributed by atoms with Crippen molar-refractivity contribution < 1.29 is 14.3 Å². The molecule has 0 saturated carbocycles. The van der Waals surface area contributed by atoms with Crippen LogP contribution in [0.25, 0.3) is 11.0 Å². The van der Waals surface area contributed by atoms with Gasteiger partial charge in [-0.05, 0) is 6.07 Å². The fourth-order valence-electron chi connectivity index (χ4n) is 1.33. The van der Waals surface area contributed by atoms with E-state index < -0.39 is 5.97 Å². The van der Waals surface area contributed by atoms with Gasteiger partial charge >= 0.3 is 0 Å². The second-order valence-electron chi connectivity index (χ2n) is 2.81. The van der Waals surface area contributed by atoms with Gasteiger partial charge in [-0.2, -0.15) is 0 Å². The fourth-order valence-corrected chi connectivity index (χ4v) is 1.33. The molecule has 0 aliphatic rings. The highest BCUT2D eigenvalue weighted by atomic mass is 16.4. The van der Waals surface area contributed by atoms with Gasteiger partial charge in [0, 0.05) is 23.3 Å². The summed E-state index contributed by atoms with van der Waals surface area (Å²) in [7, 11) is 0. The number of fused-ring (bicyclic) bond motifs is 1. The lowest BCUT2D eigenvalue weighted by Gasteiger charge is -1.97.